The van der Waals surface area contributed by atoms with Crippen molar-refractivity contribution in [2.24, 2.45) is 0 Å². The Morgan fingerprint density at radius 1 is 1.20 bits per heavy atom. The summed E-state index contributed by atoms with van der Waals surface area (Å²) in [6.07, 6.45) is 1.13. The minimum atomic E-state index is -3.52. The molecule has 0 radical (unpaired) electrons. The molecule has 0 saturated carbocycles. The van der Waals surface area contributed by atoms with E-state index in [4.69, 9.17) is 4.74 Å². The number of ether oxygens (including phenoxy) is 1. The van der Waals surface area contributed by atoms with Crippen molar-refractivity contribution in [3.05, 3.63) is 29.8 Å². The topological polar surface area (TPSA) is 70.2 Å². The molecule has 0 spiro atoms. The van der Waals surface area contributed by atoms with Gasteiger partial charge < -0.3 is 14.5 Å². The van der Waals surface area contributed by atoms with E-state index in [2.05, 4.69) is 11.8 Å². The van der Waals surface area contributed by atoms with Gasteiger partial charge in [-0.15, -0.1) is 0 Å². The van der Waals surface area contributed by atoms with Crippen molar-refractivity contribution in [2.75, 3.05) is 52.6 Å². The summed E-state index contributed by atoms with van der Waals surface area (Å²) in [6, 6.07) is 7.23. The predicted octanol–water partition coefficient (Wildman–Crippen LogP) is 0.621. The molecule has 140 valence electrons. The number of sulfonamides is 1. The molecule has 1 aromatic carbocycles. The van der Waals surface area contributed by atoms with Gasteiger partial charge in [-0.3, -0.25) is 4.79 Å². The molecule has 8 heteroatoms. The lowest BCUT2D eigenvalue weighted by Gasteiger charge is -2.35. The van der Waals surface area contributed by atoms with Crippen molar-refractivity contribution in [3.63, 3.8) is 0 Å². The summed E-state index contributed by atoms with van der Waals surface area (Å²) in [7, 11) is -1.97. The number of nitrogens with zero attached hydrogens (tertiary/aromatic N) is 3. The zero-order valence-electron chi connectivity index (χ0n) is 15.1. The highest BCUT2D eigenvalue weighted by Crippen LogP contribution is 2.20. The predicted molar refractivity (Wildman–Crippen MR) is 96.9 cm³/mol. The molecule has 0 aliphatic carbocycles. The van der Waals surface area contributed by atoms with Crippen LogP contribution in [-0.4, -0.2) is 81.1 Å². The summed E-state index contributed by atoms with van der Waals surface area (Å²) >= 11 is 0. The molecule has 1 aliphatic heterocycles. The van der Waals surface area contributed by atoms with E-state index in [0.717, 1.165) is 31.5 Å². The van der Waals surface area contributed by atoms with Gasteiger partial charge >= 0.3 is 0 Å². The lowest BCUT2D eigenvalue weighted by atomic mass is 10.2. The highest BCUT2D eigenvalue weighted by atomic mass is 32.2. The van der Waals surface area contributed by atoms with E-state index in [1.54, 1.807) is 18.1 Å². The molecule has 1 aromatic rings. The van der Waals surface area contributed by atoms with Gasteiger partial charge in [0, 0.05) is 38.3 Å². The Morgan fingerprint density at radius 3 is 2.40 bits per heavy atom. The van der Waals surface area contributed by atoms with Crippen LogP contribution in [0, 0.1) is 0 Å². The fourth-order valence-electron chi connectivity index (χ4n) is 2.88. The fraction of sp³-hybridized carbons (Fsp3) is 0.588. The number of rotatable bonds is 7. The molecular formula is C17H27N3O4S. The maximum absolute atomic E-state index is 12.6. The van der Waals surface area contributed by atoms with Gasteiger partial charge in [0.05, 0.1) is 19.9 Å². The third-order valence-electron chi connectivity index (χ3n) is 4.49. The number of amides is 1. The number of methoxy groups -OCH3 is 1. The summed E-state index contributed by atoms with van der Waals surface area (Å²) in [4.78, 5) is 16.6. The second kappa shape index (κ2) is 8.64. The number of carbonyl (C=O) groups is 1. The first kappa shape index (κ1) is 19.7. The number of hydrogen-bond donors (Lipinski definition) is 0. The van der Waals surface area contributed by atoms with Crippen LogP contribution in [0.15, 0.2) is 24.3 Å². The largest absolute Gasteiger partial charge is 0.496 e. The third kappa shape index (κ3) is 5.42. The molecule has 1 saturated heterocycles. The van der Waals surface area contributed by atoms with Crippen LogP contribution < -0.4 is 4.74 Å². The van der Waals surface area contributed by atoms with Crippen LogP contribution >= 0.6 is 0 Å². The zero-order valence-corrected chi connectivity index (χ0v) is 16.0. The van der Waals surface area contributed by atoms with Crippen LogP contribution in [0.25, 0.3) is 0 Å². The molecule has 0 unspecified atom stereocenters. The number of carbonyl (C=O) groups excluding carboxylic acids is 1. The minimum absolute atomic E-state index is 0.115. The highest BCUT2D eigenvalue weighted by molar-refractivity contribution is 7.88. The molecule has 25 heavy (non-hydrogen) atoms. The number of piperazine rings is 1. The first-order valence-corrected chi connectivity index (χ1v) is 10.3. The van der Waals surface area contributed by atoms with Crippen molar-refractivity contribution in [1.82, 2.24) is 14.1 Å². The first-order chi connectivity index (χ1) is 11.8. The maximum Gasteiger partial charge on any atom is 0.237 e. The molecular weight excluding hydrogens is 342 g/mol. The van der Waals surface area contributed by atoms with Crippen LogP contribution in [0.4, 0.5) is 0 Å². The Bertz CT molecular complexity index is 685. The Morgan fingerprint density at radius 2 is 1.84 bits per heavy atom. The molecule has 1 heterocycles. The molecule has 7 nitrogen and oxygen atoms in total. The van der Waals surface area contributed by atoms with Gasteiger partial charge in [0.15, 0.2) is 0 Å². The number of hydrogen-bond acceptors (Lipinski definition) is 5. The Labute approximate surface area is 150 Å². The van der Waals surface area contributed by atoms with E-state index in [1.165, 1.54) is 4.31 Å². The standard InChI is InChI=1S/C17H27N3O4S/c1-4-18-9-11-19(12-10-18)17(21)14-20(25(3,22)23)13-15-7-5-6-8-16(15)24-2/h5-8H,4,9-14H2,1-3H3. The summed E-state index contributed by atoms with van der Waals surface area (Å²) in [6.45, 7) is 5.95. The van der Waals surface area contributed by atoms with Crippen LogP contribution in [0.1, 0.15) is 12.5 Å². The lowest BCUT2D eigenvalue weighted by Crippen LogP contribution is -2.51. The number of benzene rings is 1. The fourth-order valence-corrected chi connectivity index (χ4v) is 3.60. The third-order valence-corrected chi connectivity index (χ3v) is 5.69. The van der Waals surface area contributed by atoms with Gasteiger partial charge in [-0.1, -0.05) is 25.1 Å². The van der Waals surface area contributed by atoms with Crippen LogP contribution in [0.3, 0.4) is 0 Å². The van der Waals surface area contributed by atoms with Crippen molar-refractivity contribution in [1.29, 1.82) is 0 Å². The average molecular weight is 369 g/mol. The first-order valence-electron chi connectivity index (χ1n) is 8.42. The molecule has 2 rings (SSSR count). The quantitative estimate of drug-likeness (QED) is 0.705. The Balaban J connectivity index is 2.07. The average Bonchev–Trinajstić information content (AvgIpc) is 2.60. The van der Waals surface area contributed by atoms with Crippen molar-refractivity contribution >= 4 is 15.9 Å². The lowest BCUT2D eigenvalue weighted by molar-refractivity contribution is -0.133. The van der Waals surface area contributed by atoms with E-state index < -0.39 is 10.0 Å². The van der Waals surface area contributed by atoms with Crippen LogP contribution in [0.2, 0.25) is 0 Å². The Hall–Kier alpha value is -1.64. The van der Waals surface area contributed by atoms with Crippen molar-refractivity contribution in [3.8, 4) is 5.75 Å². The number of likely N-dealkylation sites (N-methyl/N-ethyl adjacent to an activating group) is 1. The second-order valence-corrected chi connectivity index (χ2v) is 8.14. The summed E-state index contributed by atoms with van der Waals surface area (Å²) in [5.41, 5.74) is 0.735. The van der Waals surface area contributed by atoms with Crippen molar-refractivity contribution in [2.45, 2.75) is 13.5 Å². The molecule has 0 bridgehead atoms. The number of para-hydroxylation sites is 1. The van der Waals surface area contributed by atoms with Gasteiger partial charge in [0.1, 0.15) is 5.75 Å². The normalized spacial score (nSPS) is 16.2. The van der Waals surface area contributed by atoms with Crippen LogP contribution in [0.5, 0.6) is 5.75 Å². The summed E-state index contributed by atoms with van der Waals surface area (Å²) in [5.74, 6) is 0.455. The zero-order chi connectivity index (χ0) is 18.4. The van der Waals surface area contributed by atoms with E-state index in [9.17, 15) is 13.2 Å². The summed E-state index contributed by atoms with van der Waals surface area (Å²) < 4.78 is 30.8. The van der Waals surface area contributed by atoms with E-state index in [-0.39, 0.29) is 19.0 Å². The smallest absolute Gasteiger partial charge is 0.237 e. The van der Waals surface area contributed by atoms with E-state index >= 15 is 0 Å². The van der Waals surface area contributed by atoms with Crippen molar-refractivity contribution < 1.29 is 17.9 Å². The second-order valence-electron chi connectivity index (χ2n) is 6.16. The molecule has 1 aliphatic rings. The van der Waals surface area contributed by atoms with Crippen LogP contribution in [-0.2, 0) is 21.4 Å². The molecule has 0 N–H and O–H groups in total. The van der Waals surface area contributed by atoms with E-state index in [1.807, 2.05) is 18.2 Å². The Kier molecular flexibility index (Phi) is 6.80. The highest BCUT2D eigenvalue weighted by Gasteiger charge is 2.26. The monoisotopic (exact) mass is 369 g/mol. The van der Waals surface area contributed by atoms with Gasteiger partial charge in [0.2, 0.25) is 15.9 Å². The van der Waals surface area contributed by atoms with E-state index in [0.29, 0.717) is 18.8 Å². The maximum atomic E-state index is 12.6. The molecule has 1 amide bonds. The molecule has 0 atom stereocenters. The van der Waals surface area contributed by atoms with Gasteiger partial charge in [-0.2, -0.15) is 4.31 Å². The molecule has 0 aromatic heterocycles. The van der Waals surface area contributed by atoms with Gasteiger partial charge in [0.25, 0.3) is 0 Å². The summed E-state index contributed by atoms with van der Waals surface area (Å²) in [5, 5.41) is 0. The SMILES string of the molecule is CCN1CCN(C(=O)CN(Cc2ccccc2OC)S(C)(=O)=O)CC1. The minimum Gasteiger partial charge on any atom is -0.496 e. The van der Waals surface area contributed by atoms with Gasteiger partial charge in [-0.05, 0) is 12.6 Å². The van der Waals surface area contributed by atoms with Gasteiger partial charge in [-0.25, -0.2) is 8.42 Å². The molecule has 1 fully saturated rings.